The van der Waals surface area contributed by atoms with Gasteiger partial charge in [-0.3, -0.25) is 10.3 Å². The van der Waals surface area contributed by atoms with Crippen LogP contribution in [0, 0.1) is 0 Å². The molecule has 3 aromatic rings. The summed E-state index contributed by atoms with van der Waals surface area (Å²) in [5.41, 5.74) is 7.88. The molecule has 1 aliphatic rings. The average Bonchev–Trinajstić information content (AvgIpc) is 3.26. The summed E-state index contributed by atoms with van der Waals surface area (Å²) < 4.78 is 39.7. The first-order valence-corrected chi connectivity index (χ1v) is 11.4. The molecule has 3 aromatic heterocycles. The maximum atomic E-state index is 13.2. The van der Waals surface area contributed by atoms with Crippen molar-refractivity contribution in [3.8, 4) is 0 Å². The Morgan fingerprint density at radius 3 is 2.58 bits per heavy atom. The summed E-state index contributed by atoms with van der Waals surface area (Å²) in [7, 11) is 6.07. The number of aromatic nitrogens is 3. The lowest BCUT2D eigenvalue weighted by Gasteiger charge is -2.27. The topological polar surface area (TPSA) is 110 Å². The van der Waals surface area contributed by atoms with Crippen LogP contribution in [0.3, 0.4) is 0 Å². The minimum Gasteiger partial charge on any atom is -0.396 e. The van der Waals surface area contributed by atoms with Gasteiger partial charge in [0.05, 0.1) is 23.2 Å². The summed E-state index contributed by atoms with van der Waals surface area (Å²) >= 11 is 0. The van der Waals surface area contributed by atoms with Crippen molar-refractivity contribution in [1.29, 1.82) is 0 Å². The second-order valence-corrected chi connectivity index (χ2v) is 9.04. The van der Waals surface area contributed by atoms with Gasteiger partial charge in [0.15, 0.2) is 6.29 Å². The lowest BCUT2D eigenvalue weighted by atomic mass is 10.1. The van der Waals surface area contributed by atoms with Crippen LogP contribution in [0.2, 0.25) is 0 Å². The van der Waals surface area contributed by atoms with Gasteiger partial charge in [0.25, 0.3) is 0 Å². The molecule has 1 aliphatic heterocycles. The van der Waals surface area contributed by atoms with Crippen molar-refractivity contribution in [2.45, 2.75) is 25.4 Å². The largest absolute Gasteiger partial charge is 0.417 e. The average molecular weight is 502 g/mol. The molecule has 0 saturated carbocycles. The number of aromatic amines is 1. The quantitative estimate of drug-likeness (QED) is 0.376. The molecule has 12 heteroatoms. The molecule has 5 N–H and O–H groups in total. The fraction of sp³-hybridized carbons (Fsp3) is 0.375. The number of halogens is 3. The first kappa shape index (κ1) is 25.5. The molecule has 0 spiro atoms. The number of allylic oxidation sites excluding steroid dienone is 1. The molecule has 9 nitrogen and oxygen atoms in total. The van der Waals surface area contributed by atoms with E-state index in [1.54, 1.807) is 6.20 Å². The number of hydrogen-bond donors (Lipinski definition) is 4. The number of rotatable bonds is 8. The second kappa shape index (κ2) is 10.2. The number of anilines is 1. The van der Waals surface area contributed by atoms with Crippen LogP contribution in [-0.2, 0) is 6.18 Å². The summed E-state index contributed by atoms with van der Waals surface area (Å²) in [5, 5.41) is 6.87. The van der Waals surface area contributed by atoms with Gasteiger partial charge in [0.2, 0.25) is 0 Å². The molecule has 4 rings (SSSR count). The van der Waals surface area contributed by atoms with Crippen LogP contribution in [0.1, 0.15) is 29.7 Å². The summed E-state index contributed by atoms with van der Waals surface area (Å²) in [4.78, 5) is 20.0. The molecular weight excluding hydrogens is 471 g/mol. The molecular formula is C24H30F3N9. The Kier molecular flexibility index (Phi) is 7.18. The lowest BCUT2D eigenvalue weighted by molar-refractivity contribution is -0.137. The number of nitrogens with zero attached hydrogens (tertiary/aromatic N) is 5. The van der Waals surface area contributed by atoms with E-state index in [4.69, 9.17) is 5.73 Å². The zero-order valence-electron chi connectivity index (χ0n) is 20.6. The first-order valence-electron chi connectivity index (χ1n) is 11.4. The zero-order chi connectivity index (χ0) is 26.0. The fourth-order valence-electron chi connectivity index (χ4n) is 3.84. The minimum absolute atomic E-state index is 0.115. The Morgan fingerprint density at radius 2 is 1.92 bits per heavy atom. The third-order valence-corrected chi connectivity index (χ3v) is 6.01. The summed E-state index contributed by atoms with van der Waals surface area (Å²) in [6.07, 6.45) is 0.663. The van der Waals surface area contributed by atoms with Crippen LogP contribution in [0.15, 0.2) is 47.5 Å². The molecule has 4 heterocycles. The smallest absolute Gasteiger partial charge is 0.396 e. The van der Waals surface area contributed by atoms with Crippen molar-refractivity contribution in [3.63, 3.8) is 0 Å². The first-order chi connectivity index (χ1) is 17.0. The van der Waals surface area contributed by atoms with Crippen LogP contribution in [-0.4, -0.2) is 66.6 Å². The number of nitrogens with two attached hydrogens (primary N) is 1. The normalized spacial score (nSPS) is 17.1. The van der Waals surface area contributed by atoms with Gasteiger partial charge in [-0.2, -0.15) is 13.2 Å². The molecule has 0 bridgehead atoms. The van der Waals surface area contributed by atoms with Gasteiger partial charge >= 0.3 is 6.18 Å². The fourth-order valence-corrected chi connectivity index (χ4v) is 3.84. The summed E-state index contributed by atoms with van der Waals surface area (Å²) in [6.45, 7) is 3.76. The van der Waals surface area contributed by atoms with Gasteiger partial charge in [-0.15, -0.1) is 0 Å². The predicted molar refractivity (Wildman–Crippen MR) is 135 cm³/mol. The number of nitrogens with one attached hydrogen (secondary N) is 3. The van der Waals surface area contributed by atoms with Crippen molar-refractivity contribution in [1.82, 2.24) is 30.5 Å². The van der Waals surface area contributed by atoms with E-state index in [0.29, 0.717) is 28.0 Å². The molecule has 0 aliphatic carbocycles. The SMILES string of the molecule is C[C@@H](NC1N=CC(N)=C(c2c[nH]c3ncc(C(F)(F)F)cc23)N1)c1ccc(N(C)CCN(C)C)nc1. The van der Waals surface area contributed by atoms with Crippen LogP contribution >= 0.6 is 0 Å². The predicted octanol–water partition coefficient (Wildman–Crippen LogP) is 2.91. The Balaban J connectivity index is 1.47. The van der Waals surface area contributed by atoms with Crippen LogP contribution < -0.4 is 21.3 Å². The number of likely N-dealkylation sites (N-methyl/N-ethyl adjacent to an activating group) is 2. The maximum absolute atomic E-state index is 13.2. The Labute approximate surface area is 207 Å². The van der Waals surface area contributed by atoms with E-state index in [9.17, 15) is 13.2 Å². The highest BCUT2D eigenvalue weighted by Gasteiger charge is 2.32. The highest BCUT2D eigenvalue weighted by atomic mass is 19.4. The number of pyridine rings is 2. The summed E-state index contributed by atoms with van der Waals surface area (Å²) in [5.74, 6) is 0.880. The third-order valence-electron chi connectivity index (χ3n) is 6.01. The van der Waals surface area contributed by atoms with E-state index < -0.39 is 18.0 Å². The van der Waals surface area contributed by atoms with E-state index in [2.05, 4.69) is 40.4 Å². The Bertz CT molecular complexity index is 1260. The minimum atomic E-state index is -4.50. The van der Waals surface area contributed by atoms with Crippen LogP contribution in [0.4, 0.5) is 19.0 Å². The van der Waals surface area contributed by atoms with E-state index in [1.165, 1.54) is 6.21 Å². The maximum Gasteiger partial charge on any atom is 0.417 e. The van der Waals surface area contributed by atoms with Crippen molar-refractivity contribution >= 4 is 28.8 Å². The number of H-pyrrole nitrogens is 1. The lowest BCUT2D eigenvalue weighted by Crippen LogP contribution is -2.44. The number of hydrogen-bond acceptors (Lipinski definition) is 8. The molecule has 192 valence electrons. The van der Waals surface area contributed by atoms with Crippen LogP contribution in [0.25, 0.3) is 16.7 Å². The Hall–Kier alpha value is -3.64. The molecule has 1 unspecified atom stereocenters. The van der Waals surface area contributed by atoms with Gasteiger partial charge in [-0.1, -0.05) is 6.07 Å². The summed E-state index contributed by atoms with van der Waals surface area (Å²) in [6, 6.07) is 4.93. The van der Waals surface area contributed by atoms with E-state index in [-0.39, 0.29) is 6.04 Å². The zero-order valence-corrected chi connectivity index (χ0v) is 20.6. The van der Waals surface area contributed by atoms with Crippen molar-refractivity contribution in [2.75, 3.05) is 39.1 Å². The van der Waals surface area contributed by atoms with Gasteiger partial charge in [-0.25, -0.2) is 9.97 Å². The van der Waals surface area contributed by atoms with Gasteiger partial charge in [0, 0.05) is 55.7 Å². The number of fused-ring (bicyclic) bond motifs is 1. The van der Waals surface area contributed by atoms with Gasteiger partial charge in [-0.05, 0) is 38.7 Å². The van der Waals surface area contributed by atoms with Crippen molar-refractivity contribution in [2.24, 2.45) is 10.7 Å². The number of alkyl halides is 3. The van der Waals surface area contributed by atoms with Crippen LogP contribution in [0.5, 0.6) is 0 Å². The molecule has 36 heavy (non-hydrogen) atoms. The highest BCUT2D eigenvalue weighted by molar-refractivity contribution is 5.98. The molecule has 0 fully saturated rings. The monoisotopic (exact) mass is 501 g/mol. The van der Waals surface area contributed by atoms with Gasteiger partial charge < -0.3 is 25.8 Å². The highest BCUT2D eigenvalue weighted by Crippen LogP contribution is 2.33. The van der Waals surface area contributed by atoms with Crippen molar-refractivity contribution < 1.29 is 13.2 Å². The Morgan fingerprint density at radius 1 is 1.14 bits per heavy atom. The molecule has 0 radical (unpaired) electrons. The molecule has 0 saturated heterocycles. The standard InChI is InChI=1S/C24H30F3N9/c1-14(15-5-6-20(29-10-15)36(4)8-7-35(2)3)33-23-32-13-19(28)21(34-23)18-12-31-22-17(18)9-16(11-30-22)24(25,26)27/h5-6,9-14,23,33-34H,7-8,28H2,1-4H3,(H,30,31)/t14-,23?/m1/s1. The molecule has 0 amide bonds. The second-order valence-electron chi connectivity index (χ2n) is 9.04. The molecule has 2 atom stereocenters. The van der Waals surface area contributed by atoms with E-state index in [0.717, 1.165) is 36.7 Å². The van der Waals surface area contributed by atoms with Gasteiger partial charge in [0.1, 0.15) is 11.5 Å². The molecule has 0 aromatic carbocycles. The van der Waals surface area contributed by atoms with E-state index in [1.807, 2.05) is 46.4 Å². The van der Waals surface area contributed by atoms with E-state index >= 15 is 0 Å². The third kappa shape index (κ3) is 5.60. The van der Waals surface area contributed by atoms with Crippen molar-refractivity contribution in [3.05, 3.63) is 59.2 Å². The number of aliphatic imine (C=N–C) groups is 1.